The molecule has 2 amide bonds. The van der Waals surface area contributed by atoms with Crippen molar-refractivity contribution < 1.29 is 44.7 Å². The van der Waals surface area contributed by atoms with Crippen LogP contribution in [0.25, 0.3) is 0 Å². The van der Waals surface area contributed by atoms with Crippen molar-refractivity contribution in [3.05, 3.63) is 45.9 Å². The van der Waals surface area contributed by atoms with E-state index in [1.807, 2.05) is 20.8 Å². The van der Waals surface area contributed by atoms with Gasteiger partial charge in [0, 0.05) is 17.0 Å². The summed E-state index contributed by atoms with van der Waals surface area (Å²) in [5, 5.41) is 62.3. The molecule has 6 atom stereocenters. The van der Waals surface area contributed by atoms with E-state index in [1.54, 1.807) is 6.92 Å². The van der Waals surface area contributed by atoms with Crippen LogP contribution in [0.1, 0.15) is 49.5 Å². The molecule has 0 bridgehead atoms. The zero-order chi connectivity index (χ0) is 30.9. The minimum absolute atomic E-state index is 0.0817. The molecule has 0 heterocycles. The second-order valence-corrected chi connectivity index (χ2v) is 12.1. The van der Waals surface area contributed by atoms with Crippen molar-refractivity contribution in [1.29, 1.82) is 0 Å². The summed E-state index contributed by atoms with van der Waals surface area (Å²) in [5.74, 6) is -10.3. The Hall–Kier alpha value is -3.78. The van der Waals surface area contributed by atoms with Crippen LogP contribution >= 0.6 is 0 Å². The van der Waals surface area contributed by atoms with Crippen molar-refractivity contribution in [3.63, 3.8) is 0 Å². The van der Waals surface area contributed by atoms with Gasteiger partial charge in [0.2, 0.25) is 11.7 Å². The van der Waals surface area contributed by atoms with Crippen molar-refractivity contribution in [2.24, 2.45) is 17.6 Å². The molecule has 0 aliphatic heterocycles. The number of carbonyl (C=O) groups is 4. The molecule has 222 valence electrons. The lowest BCUT2D eigenvalue weighted by atomic mass is 9.55. The summed E-state index contributed by atoms with van der Waals surface area (Å²) >= 11 is 0. The van der Waals surface area contributed by atoms with E-state index in [4.69, 9.17) is 5.73 Å². The van der Waals surface area contributed by atoms with Gasteiger partial charge in [-0.2, -0.15) is 0 Å². The number of rotatable bonds is 5. The standard InChI is InChI=1S/C28H36N4O9/c1-10-11-7-8-12(31-13(33)9-30-27(2,3)4)20(34)15(11)21(35)16-14(10)22(36)18-19(32(5)6)23(37)17(26(29)40)25(39)28(18,41)24(16)38/h7-8,10,14,18-19,22,30,34,36-38,41H,9H2,1-6H3,(H2,29,40)(H,31,33)/t10?,14?,18?,19-,22?,28-/m0/s1. The first kappa shape index (κ1) is 30.2. The van der Waals surface area contributed by atoms with Crippen LogP contribution in [0.2, 0.25) is 0 Å². The number of carbonyl (C=O) groups excluding carboxylic acids is 4. The van der Waals surface area contributed by atoms with Gasteiger partial charge in [-0.15, -0.1) is 0 Å². The van der Waals surface area contributed by atoms with Gasteiger partial charge in [-0.3, -0.25) is 24.1 Å². The number of nitrogens with zero attached hydrogens (tertiary/aromatic N) is 1. The molecule has 0 saturated carbocycles. The zero-order valence-electron chi connectivity index (χ0n) is 23.6. The molecule has 3 aliphatic carbocycles. The maximum absolute atomic E-state index is 13.9. The van der Waals surface area contributed by atoms with Crippen LogP contribution in [0.4, 0.5) is 5.69 Å². The molecular weight excluding hydrogens is 536 g/mol. The largest absolute Gasteiger partial charge is 0.510 e. The minimum atomic E-state index is -3.00. The molecule has 1 aromatic rings. The average molecular weight is 573 g/mol. The highest BCUT2D eigenvalue weighted by Gasteiger charge is 2.67. The van der Waals surface area contributed by atoms with Crippen molar-refractivity contribution in [2.75, 3.05) is 26.0 Å². The van der Waals surface area contributed by atoms with Gasteiger partial charge >= 0.3 is 0 Å². The predicted octanol–water partition coefficient (Wildman–Crippen LogP) is -0.0210. The number of primary amides is 1. The van der Waals surface area contributed by atoms with Crippen LogP contribution in [-0.4, -0.2) is 97.7 Å². The smallest absolute Gasteiger partial charge is 0.255 e. The predicted molar refractivity (Wildman–Crippen MR) is 146 cm³/mol. The van der Waals surface area contributed by atoms with Gasteiger partial charge < -0.3 is 41.9 Å². The fourth-order valence-corrected chi connectivity index (χ4v) is 6.26. The number of anilines is 1. The Labute approximate surface area is 236 Å². The van der Waals surface area contributed by atoms with Gasteiger partial charge in [0.05, 0.1) is 35.9 Å². The molecule has 4 rings (SSSR count). The highest BCUT2D eigenvalue weighted by molar-refractivity contribution is 6.25. The summed E-state index contributed by atoms with van der Waals surface area (Å²) in [5.41, 5.74) is 0.414. The van der Waals surface area contributed by atoms with E-state index in [0.29, 0.717) is 5.56 Å². The molecule has 0 radical (unpaired) electrons. The molecule has 1 aromatic carbocycles. The number of Topliss-reactive ketones (excluding diaryl/α,β-unsaturated/α-hetero) is 2. The highest BCUT2D eigenvalue weighted by atomic mass is 16.4. The lowest BCUT2D eigenvalue weighted by molar-refractivity contribution is -0.162. The third-order valence-electron chi connectivity index (χ3n) is 8.18. The zero-order valence-corrected chi connectivity index (χ0v) is 23.6. The van der Waals surface area contributed by atoms with E-state index in [1.165, 1.54) is 31.1 Å². The van der Waals surface area contributed by atoms with Crippen LogP contribution < -0.4 is 16.4 Å². The van der Waals surface area contributed by atoms with E-state index >= 15 is 0 Å². The maximum Gasteiger partial charge on any atom is 0.255 e. The first-order valence-electron chi connectivity index (χ1n) is 13.1. The molecule has 13 nitrogen and oxygen atoms in total. The number of amides is 2. The Morgan fingerprint density at radius 1 is 1.12 bits per heavy atom. The van der Waals surface area contributed by atoms with E-state index in [-0.39, 0.29) is 23.3 Å². The number of aromatic hydroxyl groups is 1. The number of ketones is 2. The first-order valence-corrected chi connectivity index (χ1v) is 13.1. The lowest BCUT2D eigenvalue weighted by Gasteiger charge is -2.53. The number of likely N-dealkylation sites (N-methyl/N-ethyl adjacent to an activating group) is 1. The van der Waals surface area contributed by atoms with Gasteiger partial charge in [0.15, 0.2) is 17.1 Å². The second kappa shape index (κ2) is 9.94. The Bertz CT molecular complexity index is 1420. The Morgan fingerprint density at radius 3 is 2.27 bits per heavy atom. The molecule has 0 saturated heterocycles. The van der Waals surface area contributed by atoms with Crippen LogP contribution in [0.3, 0.4) is 0 Å². The summed E-state index contributed by atoms with van der Waals surface area (Å²) in [6.07, 6.45) is -1.68. The van der Waals surface area contributed by atoms with Crippen molar-refractivity contribution in [1.82, 2.24) is 10.2 Å². The van der Waals surface area contributed by atoms with Gasteiger partial charge in [-0.1, -0.05) is 13.0 Å². The Kier molecular flexibility index (Phi) is 7.32. The average Bonchev–Trinajstić information content (AvgIpc) is 2.85. The number of hydrogen-bond donors (Lipinski definition) is 8. The number of benzene rings is 1. The SMILES string of the molecule is CC1c2ccc(NC(=O)CNC(C)(C)C)c(O)c2C(=O)C2=C(O)[C@]3(O)C(=O)C(C(N)=O)=C(O)[C@@H](N(C)C)C3C(O)C21. The number of phenols is 1. The molecule has 4 unspecified atom stereocenters. The number of aliphatic hydroxyl groups is 4. The number of aliphatic hydroxyl groups excluding tert-OH is 3. The summed E-state index contributed by atoms with van der Waals surface area (Å²) in [6, 6.07) is 1.58. The maximum atomic E-state index is 13.9. The third-order valence-corrected chi connectivity index (χ3v) is 8.18. The Balaban J connectivity index is 1.87. The normalized spacial score (nSPS) is 29.7. The number of hydrogen-bond acceptors (Lipinski definition) is 11. The molecule has 13 heteroatoms. The van der Waals surface area contributed by atoms with E-state index < -0.39 is 87.3 Å². The molecule has 0 fully saturated rings. The van der Waals surface area contributed by atoms with Crippen LogP contribution in [0, 0.1) is 11.8 Å². The lowest BCUT2D eigenvalue weighted by Crippen LogP contribution is -2.68. The molecule has 0 aromatic heterocycles. The van der Waals surface area contributed by atoms with Crippen LogP contribution in [0.15, 0.2) is 34.8 Å². The minimum Gasteiger partial charge on any atom is -0.510 e. The number of nitrogens with two attached hydrogens (primary N) is 1. The quantitative estimate of drug-likeness (QED) is 0.173. The van der Waals surface area contributed by atoms with Crippen LogP contribution in [0.5, 0.6) is 5.75 Å². The van der Waals surface area contributed by atoms with Gasteiger partial charge in [0.1, 0.15) is 17.1 Å². The number of fused-ring (bicyclic) bond motifs is 3. The van der Waals surface area contributed by atoms with Gasteiger partial charge in [0.25, 0.3) is 5.91 Å². The molecule has 3 aliphatic rings. The second-order valence-electron chi connectivity index (χ2n) is 12.1. The van der Waals surface area contributed by atoms with Crippen molar-refractivity contribution in [2.45, 2.75) is 56.9 Å². The summed E-state index contributed by atoms with van der Waals surface area (Å²) in [6.45, 7) is 7.14. The van der Waals surface area contributed by atoms with Gasteiger partial charge in [-0.25, -0.2) is 0 Å². The van der Waals surface area contributed by atoms with Crippen molar-refractivity contribution >= 4 is 29.1 Å². The van der Waals surface area contributed by atoms with E-state index in [9.17, 15) is 44.7 Å². The molecule has 0 spiro atoms. The van der Waals surface area contributed by atoms with Crippen LogP contribution in [-0.2, 0) is 14.4 Å². The van der Waals surface area contributed by atoms with E-state index in [2.05, 4.69) is 10.6 Å². The topological polar surface area (TPSA) is 223 Å². The highest BCUT2D eigenvalue weighted by Crippen LogP contribution is 2.56. The third kappa shape index (κ3) is 4.49. The molecular formula is C28H36N4O9. The summed E-state index contributed by atoms with van der Waals surface area (Å²) in [7, 11) is 2.93. The molecule has 41 heavy (non-hydrogen) atoms. The number of phenolic OH excluding ortho intramolecular Hbond substituents is 1. The van der Waals surface area contributed by atoms with Crippen molar-refractivity contribution in [3.8, 4) is 5.75 Å². The summed E-state index contributed by atoms with van der Waals surface area (Å²) in [4.78, 5) is 53.3. The van der Waals surface area contributed by atoms with Gasteiger partial charge in [-0.05, 0) is 52.4 Å². The molecule has 9 N–H and O–H groups in total. The fourth-order valence-electron chi connectivity index (χ4n) is 6.26. The number of nitrogens with one attached hydrogen (secondary N) is 2. The summed E-state index contributed by atoms with van der Waals surface area (Å²) < 4.78 is 0. The first-order chi connectivity index (χ1) is 18.9. The fraction of sp³-hybridized carbons (Fsp3) is 0.500. The monoisotopic (exact) mass is 572 g/mol. The Morgan fingerprint density at radius 2 is 1.73 bits per heavy atom. The van der Waals surface area contributed by atoms with E-state index in [0.717, 1.165) is 0 Å².